The fourth-order valence-electron chi connectivity index (χ4n) is 4.05. The Labute approximate surface area is 142 Å². The maximum atomic E-state index is 13.3. The number of carbonyl (C=O) groups is 1. The minimum absolute atomic E-state index is 0.0168. The quantitative estimate of drug-likeness (QED) is 0.886. The van der Waals surface area contributed by atoms with Crippen LogP contribution in [0.1, 0.15) is 37.7 Å². The molecule has 2 fully saturated rings. The van der Waals surface area contributed by atoms with Gasteiger partial charge in [-0.25, -0.2) is 0 Å². The summed E-state index contributed by atoms with van der Waals surface area (Å²) in [6.45, 7) is 0.590. The Morgan fingerprint density at radius 3 is 2.39 bits per heavy atom. The first kappa shape index (κ1) is 16.7. The van der Waals surface area contributed by atoms with Crippen LogP contribution in [0.2, 0.25) is 5.02 Å². The zero-order valence-electron chi connectivity index (χ0n) is 13.2. The minimum Gasteiger partial charge on any atom is -0.396 e. The molecule has 0 aromatic heterocycles. The number of rotatable bonds is 4. The predicted octanol–water partition coefficient (Wildman–Crippen LogP) is 2.35. The zero-order chi connectivity index (χ0) is 16.4. The molecule has 126 valence electrons. The van der Waals surface area contributed by atoms with Gasteiger partial charge in [0.1, 0.15) is 0 Å². The number of aliphatic hydroxyl groups is 2. The molecule has 0 bridgehead atoms. The van der Waals surface area contributed by atoms with Gasteiger partial charge in [-0.3, -0.25) is 4.79 Å². The van der Waals surface area contributed by atoms with Crippen molar-refractivity contribution >= 4 is 17.5 Å². The number of hydrogen-bond acceptors (Lipinski definition) is 3. The summed E-state index contributed by atoms with van der Waals surface area (Å²) in [5.41, 5.74) is 0.538. The Hall–Kier alpha value is -1.10. The van der Waals surface area contributed by atoms with Crippen molar-refractivity contribution in [2.45, 2.75) is 43.6 Å². The molecular formula is C18H24ClNO3. The molecule has 23 heavy (non-hydrogen) atoms. The number of nitrogens with zero attached hydrogens (tertiary/aromatic N) is 1. The molecule has 0 spiro atoms. The lowest BCUT2D eigenvalue weighted by Gasteiger charge is -2.48. The number of carbonyl (C=O) groups excluding carboxylic acids is 1. The van der Waals surface area contributed by atoms with Crippen LogP contribution in [0.15, 0.2) is 24.3 Å². The lowest BCUT2D eigenvalue weighted by Crippen LogP contribution is -2.59. The van der Waals surface area contributed by atoms with Crippen LogP contribution in [0.3, 0.4) is 0 Å². The van der Waals surface area contributed by atoms with Crippen molar-refractivity contribution in [1.29, 1.82) is 0 Å². The topological polar surface area (TPSA) is 60.8 Å². The number of hydrogen-bond donors (Lipinski definition) is 2. The van der Waals surface area contributed by atoms with Gasteiger partial charge in [0.2, 0.25) is 5.91 Å². The van der Waals surface area contributed by atoms with Crippen LogP contribution in [0.25, 0.3) is 0 Å². The van der Waals surface area contributed by atoms with E-state index in [1.54, 1.807) is 0 Å². The van der Waals surface area contributed by atoms with Gasteiger partial charge < -0.3 is 15.1 Å². The fourth-order valence-corrected chi connectivity index (χ4v) is 4.18. The van der Waals surface area contributed by atoms with Crippen molar-refractivity contribution in [2.75, 3.05) is 19.8 Å². The van der Waals surface area contributed by atoms with Gasteiger partial charge in [0.15, 0.2) is 0 Å². The van der Waals surface area contributed by atoms with Crippen molar-refractivity contribution in [3.05, 3.63) is 34.9 Å². The van der Waals surface area contributed by atoms with E-state index in [0.717, 1.165) is 37.7 Å². The number of aliphatic hydroxyl groups excluding tert-OH is 2. The lowest BCUT2D eigenvalue weighted by molar-refractivity contribution is -0.148. The summed E-state index contributed by atoms with van der Waals surface area (Å²) in [7, 11) is 0. The van der Waals surface area contributed by atoms with Gasteiger partial charge in [-0.15, -0.1) is 0 Å². The van der Waals surface area contributed by atoms with E-state index in [2.05, 4.69) is 0 Å². The Kier molecular flexibility index (Phi) is 4.95. The highest BCUT2D eigenvalue weighted by molar-refractivity contribution is 6.30. The zero-order valence-corrected chi connectivity index (χ0v) is 14.0. The van der Waals surface area contributed by atoms with E-state index in [4.69, 9.17) is 11.6 Å². The van der Waals surface area contributed by atoms with Crippen LogP contribution in [0, 0.1) is 5.92 Å². The van der Waals surface area contributed by atoms with Gasteiger partial charge in [0.05, 0.1) is 18.1 Å². The van der Waals surface area contributed by atoms with Gasteiger partial charge in [-0.05, 0) is 43.4 Å². The summed E-state index contributed by atoms with van der Waals surface area (Å²) in [5.74, 6) is 0.0725. The van der Waals surface area contributed by atoms with Crippen molar-refractivity contribution in [1.82, 2.24) is 4.90 Å². The van der Waals surface area contributed by atoms with Crippen LogP contribution >= 0.6 is 11.6 Å². The Bertz CT molecular complexity index is 556. The molecule has 1 aromatic carbocycles. The summed E-state index contributed by atoms with van der Waals surface area (Å²) in [4.78, 5) is 15.1. The highest BCUT2D eigenvalue weighted by Crippen LogP contribution is 2.46. The Balaban J connectivity index is 1.88. The van der Waals surface area contributed by atoms with E-state index >= 15 is 0 Å². The van der Waals surface area contributed by atoms with Gasteiger partial charge in [-0.2, -0.15) is 0 Å². The minimum atomic E-state index is -0.477. The van der Waals surface area contributed by atoms with E-state index in [9.17, 15) is 15.0 Å². The van der Waals surface area contributed by atoms with E-state index < -0.39 is 5.41 Å². The van der Waals surface area contributed by atoms with Crippen molar-refractivity contribution in [3.63, 3.8) is 0 Å². The summed E-state index contributed by atoms with van der Waals surface area (Å²) < 4.78 is 0. The first-order chi connectivity index (χ1) is 11.1. The van der Waals surface area contributed by atoms with Crippen LogP contribution in [-0.2, 0) is 10.2 Å². The molecule has 1 saturated heterocycles. The van der Waals surface area contributed by atoms with Gasteiger partial charge in [0.25, 0.3) is 0 Å². The van der Waals surface area contributed by atoms with Crippen LogP contribution in [0.5, 0.6) is 0 Å². The summed E-state index contributed by atoms with van der Waals surface area (Å²) >= 11 is 5.98. The molecule has 2 aliphatic rings. The summed E-state index contributed by atoms with van der Waals surface area (Å²) in [6, 6.07) is 7.29. The molecule has 1 heterocycles. The lowest BCUT2D eigenvalue weighted by atomic mass is 9.63. The average molecular weight is 338 g/mol. The van der Waals surface area contributed by atoms with Gasteiger partial charge in [-0.1, -0.05) is 30.2 Å². The summed E-state index contributed by atoms with van der Waals surface area (Å²) in [6.07, 6.45) is 4.46. The first-order valence-electron chi connectivity index (χ1n) is 8.41. The maximum Gasteiger partial charge on any atom is 0.233 e. The maximum absolute atomic E-state index is 13.3. The molecule has 4 nitrogen and oxygen atoms in total. The molecule has 0 unspecified atom stereocenters. The normalized spacial score (nSPS) is 26.7. The molecule has 0 radical (unpaired) electrons. The Morgan fingerprint density at radius 2 is 1.87 bits per heavy atom. The second-order valence-electron chi connectivity index (χ2n) is 6.78. The van der Waals surface area contributed by atoms with Crippen LogP contribution in [-0.4, -0.2) is 46.8 Å². The predicted molar refractivity (Wildman–Crippen MR) is 89.4 cm³/mol. The number of piperidine rings is 1. The second-order valence-corrected chi connectivity index (χ2v) is 7.21. The third-order valence-electron chi connectivity index (χ3n) is 5.61. The SMILES string of the molecule is O=C(N1CCC[C@@H](CO)[C@H]1CO)C1(c2ccc(Cl)cc2)CCC1. The van der Waals surface area contributed by atoms with E-state index in [1.165, 1.54) is 0 Å². The molecule has 1 amide bonds. The third-order valence-corrected chi connectivity index (χ3v) is 5.87. The van der Waals surface area contributed by atoms with Crippen molar-refractivity contribution in [3.8, 4) is 0 Å². The first-order valence-corrected chi connectivity index (χ1v) is 8.79. The average Bonchev–Trinajstić information content (AvgIpc) is 2.54. The van der Waals surface area contributed by atoms with E-state index in [-0.39, 0.29) is 31.1 Å². The van der Waals surface area contributed by atoms with Crippen LogP contribution in [0.4, 0.5) is 0 Å². The molecule has 2 atom stereocenters. The van der Waals surface area contributed by atoms with Gasteiger partial charge in [0, 0.05) is 24.1 Å². The molecule has 5 heteroatoms. The third kappa shape index (κ3) is 2.88. The van der Waals surface area contributed by atoms with Crippen molar-refractivity contribution in [2.24, 2.45) is 5.92 Å². The smallest absolute Gasteiger partial charge is 0.233 e. The molecular weight excluding hydrogens is 314 g/mol. The summed E-state index contributed by atoms with van der Waals surface area (Å²) in [5, 5.41) is 20.0. The van der Waals surface area contributed by atoms with Crippen molar-refractivity contribution < 1.29 is 15.0 Å². The second kappa shape index (κ2) is 6.80. The van der Waals surface area contributed by atoms with E-state index in [1.807, 2.05) is 29.2 Å². The highest BCUT2D eigenvalue weighted by Gasteiger charge is 2.49. The molecule has 1 aliphatic heterocycles. The molecule has 1 aromatic rings. The number of amides is 1. The number of benzene rings is 1. The number of likely N-dealkylation sites (tertiary alicyclic amines) is 1. The highest BCUT2D eigenvalue weighted by atomic mass is 35.5. The number of halogens is 1. The molecule has 1 aliphatic carbocycles. The Morgan fingerprint density at radius 1 is 1.17 bits per heavy atom. The fraction of sp³-hybridized carbons (Fsp3) is 0.611. The largest absolute Gasteiger partial charge is 0.396 e. The molecule has 2 N–H and O–H groups in total. The standard InChI is InChI=1S/C18H24ClNO3/c19-15-6-4-14(5-7-15)18(8-2-9-18)17(23)20-10-1-3-13(11-21)16(20)12-22/h4-7,13,16,21-22H,1-3,8-12H2/t13-,16+/m0/s1. The van der Waals surface area contributed by atoms with E-state index in [0.29, 0.717) is 11.6 Å². The monoisotopic (exact) mass is 337 g/mol. The van der Waals surface area contributed by atoms with Crippen LogP contribution < -0.4 is 0 Å². The van der Waals surface area contributed by atoms with Gasteiger partial charge >= 0.3 is 0 Å². The molecule has 1 saturated carbocycles. The molecule has 3 rings (SSSR count).